The average Bonchev–Trinajstić information content (AvgIpc) is 3.05. The first-order valence-electron chi connectivity index (χ1n) is 7.66. The predicted octanol–water partition coefficient (Wildman–Crippen LogP) is 3.31. The first kappa shape index (κ1) is 14.1. The summed E-state index contributed by atoms with van der Waals surface area (Å²) in [6.45, 7) is 13.6. The lowest BCUT2D eigenvalue weighted by molar-refractivity contribution is 0.111. The normalized spacial score (nSPS) is 19.0. The van der Waals surface area contributed by atoms with Crippen LogP contribution in [0.25, 0.3) is 6.20 Å². The number of aromatic nitrogens is 3. The van der Waals surface area contributed by atoms with Gasteiger partial charge in [0.2, 0.25) is 0 Å². The minimum absolute atomic E-state index is 0.472. The van der Waals surface area contributed by atoms with Crippen LogP contribution in [0.4, 0.5) is 0 Å². The van der Waals surface area contributed by atoms with Gasteiger partial charge in [0.1, 0.15) is 0 Å². The van der Waals surface area contributed by atoms with Crippen molar-refractivity contribution in [3.05, 3.63) is 48.1 Å². The average molecular weight is 284 g/mol. The van der Waals surface area contributed by atoms with Crippen molar-refractivity contribution in [2.24, 2.45) is 5.92 Å². The highest BCUT2D eigenvalue weighted by atomic mass is 15.3. The van der Waals surface area contributed by atoms with Crippen molar-refractivity contribution in [1.29, 1.82) is 0 Å². The molecule has 3 heterocycles. The summed E-state index contributed by atoms with van der Waals surface area (Å²) in [7, 11) is 0. The SMILES string of the molecule is C=Cn1ncc(CN2CCn3cccc3C2C(C)C)c1C. The molecule has 2 aromatic rings. The molecule has 4 heteroatoms. The molecule has 1 atom stereocenters. The summed E-state index contributed by atoms with van der Waals surface area (Å²) in [6.07, 6.45) is 5.94. The Morgan fingerprint density at radius 1 is 1.43 bits per heavy atom. The van der Waals surface area contributed by atoms with Crippen molar-refractivity contribution < 1.29 is 0 Å². The van der Waals surface area contributed by atoms with Gasteiger partial charge in [0, 0.05) is 49.0 Å². The minimum Gasteiger partial charge on any atom is -0.349 e. The van der Waals surface area contributed by atoms with Gasteiger partial charge >= 0.3 is 0 Å². The summed E-state index contributed by atoms with van der Waals surface area (Å²) in [4.78, 5) is 2.58. The molecule has 0 spiro atoms. The van der Waals surface area contributed by atoms with Crippen LogP contribution >= 0.6 is 0 Å². The number of nitrogens with zero attached hydrogens (tertiary/aromatic N) is 4. The van der Waals surface area contributed by atoms with Crippen LogP contribution in [-0.4, -0.2) is 25.8 Å². The lowest BCUT2D eigenvalue weighted by Gasteiger charge is -2.39. The second-order valence-electron chi connectivity index (χ2n) is 6.17. The zero-order chi connectivity index (χ0) is 15.0. The van der Waals surface area contributed by atoms with Crippen molar-refractivity contribution in [1.82, 2.24) is 19.2 Å². The first-order chi connectivity index (χ1) is 10.1. The Labute approximate surface area is 126 Å². The van der Waals surface area contributed by atoms with Gasteiger partial charge in [-0.05, 0) is 25.0 Å². The van der Waals surface area contributed by atoms with Crippen LogP contribution in [0.3, 0.4) is 0 Å². The second kappa shape index (κ2) is 5.53. The van der Waals surface area contributed by atoms with Gasteiger partial charge in [-0.25, -0.2) is 4.68 Å². The zero-order valence-electron chi connectivity index (χ0n) is 13.2. The Morgan fingerprint density at radius 2 is 2.24 bits per heavy atom. The van der Waals surface area contributed by atoms with Gasteiger partial charge in [0.05, 0.1) is 12.2 Å². The van der Waals surface area contributed by atoms with E-state index in [1.165, 1.54) is 17.0 Å². The van der Waals surface area contributed by atoms with Crippen LogP contribution in [0.5, 0.6) is 0 Å². The highest BCUT2D eigenvalue weighted by Crippen LogP contribution is 2.33. The number of hydrogen-bond acceptors (Lipinski definition) is 2. The predicted molar refractivity (Wildman–Crippen MR) is 85.8 cm³/mol. The van der Waals surface area contributed by atoms with E-state index in [9.17, 15) is 0 Å². The van der Waals surface area contributed by atoms with E-state index in [-0.39, 0.29) is 0 Å². The van der Waals surface area contributed by atoms with Crippen LogP contribution in [0, 0.1) is 12.8 Å². The summed E-state index contributed by atoms with van der Waals surface area (Å²) < 4.78 is 4.24. The number of hydrogen-bond donors (Lipinski definition) is 0. The molecule has 3 rings (SSSR count). The third kappa shape index (κ3) is 2.44. The lowest BCUT2D eigenvalue weighted by Crippen LogP contribution is -2.39. The maximum absolute atomic E-state index is 4.37. The molecule has 112 valence electrons. The van der Waals surface area contributed by atoms with Crippen molar-refractivity contribution in [2.75, 3.05) is 6.54 Å². The third-order valence-electron chi connectivity index (χ3n) is 4.51. The van der Waals surface area contributed by atoms with E-state index in [1.54, 1.807) is 6.20 Å². The molecule has 0 saturated carbocycles. The van der Waals surface area contributed by atoms with Gasteiger partial charge in [-0.1, -0.05) is 20.4 Å². The fourth-order valence-corrected chi connectivity index (χ4v) is 3.42. The minimum atomic E-state index is 0.472. The molecule has 0 radical (unpaired) electrons. The van der Waals surface area contributed by atoms with Gasteiger partial charge in [-0.2, -0.15) is 5.10 Å². The molecule has 0 N–H and O–H groups in total. The van der Waals surface area contributed by atoms with E-state index < -0.39 is 0 Å². The summed E-state index contributed by atoms with van der Waals surface area (Å²) in [5.41, 5.74) is 3.92. The second-order valence-corrected chi connectivity index (χ2v) is 6.17. The van der Waals surface area contributed by atoms with Gasteiger partial charge in [-0.15, -0.1) is 0 Å². The maximum Gasteiger partial charge on any atom is 0.0541 e. The summed E-state index contributed by atoms with van der Waals surface area (Å²) in [5.74, 6) is 0.591. The van der Waals surface area contributed by atoms with Crippen molar-refractivity contribution >= 4 is 6.20 Å². The summed E-state index contributed by atoms with van der Waals surface area (Å²) in [6, 6.07) is 4.90. The Morgan fingerprint density at radius 3 is 2.90 bits per heavy atom. The molecule has 0 bridgehead atoms. The molecule has 1 aliphatic heterocycles. The van der Waals surface area contributed by atoms with Crippen LogP contribution in [0.2, 0.25) is 0 Å². The molecule has 1 unspecified atom stereocenters. The van der Waals surface area contributed by atoms with E-state index in [0.29, 0.717) is 12.0 Å². The smallest absolute Gasteiger partial charge is 0.0541 e. The molecule has 0 aliphatic carbocycles. The van der Waals surface area contributed by atoms with Crippen molar-refractivity contribution in [2.45, 2.75) is 39.9 Å². The van der Waals surface area contributed by atoms with E-state index in [4.69, 9.17) is 0 Å². The van der Waals surface area contributed by atoms with Gasteiger partial charge in [0.25, 0.3) is 0 Å². The number of fused-ring (bicyclic) bond motifs is 1. The highest BCUT2D eigenvalue weighted by Gasteiger charge is 2.30. The van der Waals surface area contributed by atoms with E-state index in [1.807, 2.05) is 10.9 Å². The van der Waals surface area contributed by atoms with E-state index >= 15 is 0 Å². The van der Waals surface area contributed by atoms with Gasteiger partial charge < -0.3 is 4.57 Å². The molecular weight excluding hydrogens is 260 g/mol. The zero-order valence-corrected chi connectivity index (χ0v) is 13.2. The van der Waals surface area contributed by atoms with Crippen molar-refractivity contribution in [3.8, 4) is 0 Å². The Bertz CT molecular complexity index is 635. The Kier molecular flexibility index (Phi) is 3.72. The molecular formula is C17H24N4. The van der Waals surface area contributed by atoms with Crippen LogP contribution in [0.1, 0.15) is 36.8 Å². The summed E-state index contributed by atoms with van der Waals surface area (Å²) >= 11 is 0. The molecule has 0 fully saturated rings. The molecule has 1 aliphatic rings. The van der Waals surface area contributed by atoms with Crippen LogP contribution < -0.4 is 0 Å². The van der Waals surface area contributed by atoms with E-state index in [2.05, 4.69) is 60.2 Å². The largest absolute Gasteiger partial charge is 0.349 e. The molecule has 0 aromatic carbocycles. The van der Waals surface area contributed by atoms with E-state index in [0.717, 1.165) is 19.6 Å². The van der Waals surface area contributed by atoms with Gasteiger partial charge in [0.15, 0.2) is 0 Å². The topological polar surface area (TPSA) is 26.0 Å². The van der Waals surface area contributed by atoms with Gasteiger partial charge in [-0.3, -0.25) is 4.90 Å². The first-order valence-corrected chi connectivity index (χ1v) is 7.66. The maximum atomic E-state index is 4.37. The fraction of sp³-hybridized carbons (Fsp3) is 0.471. The third-order valence-corrected chi connectivity index (χ3v) is 4.51. The quantitative estimate of drug-likeness (QED) is 0.861. The Hall–Kier alpha value is -1.81. The van der Waals surface area contributed by atoms with Crippen LogP contribution in [0.15, 0.2) is 31.1 Å². The van der Waals surface area contributed by atoms with Crippen LogP contribution in [-0.2, 0) is 13.1 Å². The molecule has 2 aromatic heterocycles. The fourth-order valence-electron chi connectivity index (χ4n) is 3.42. The molecule has 0 amide bonds. The molecule has 21 heavy (non-hydrogen) atoms. The Balaban J connectivity index is 1.88. The molecule has 4 nitrogen and oxygen atoms in total. The van der Waals surface area contributed by atoms with Crippen molar-refractivity contribution in [3.63, 3.8) is 0 Å². The highest BCUT2D eigenvalue weighted by molar-refractivity contribution is 5.26. The standard InChI is InChI=1S/C17H24N4/c1-5-21-14(4)15(11-18-21)12-20-10-9-19-8-6-7-16(19)17(20)13(2)3/h5-8,11,13,17H,1,9-10,12H2,2-4H3. The summed E-state index contributed by atoms with van der Waals surface area (Å²) in [5, 5.41) is 4.37. The molecule has 0 saturated heterocycles. The number of rotatable bonds is 4. The lowest BCUT2D eigenvalue weighted by atomic mass is 9.96. The monoisotopic (exact) mass is 284 g/mol.